The highest BCUT2D eigenvalue weighted by atomic mass is 32.2. The van der Waals surface area contributed by atoms with Gasteiger partial charge in [-0.2, -0.15) is 0 Å². The molecule has 1 unspecified atom stereocenters. The molecule has 8 heteroatoms. The van der Waals surface area contributed by atoms with E-state index < -0.39 is 16.1 Å². The van der Waals surface area contributed by atoms with E-state index in [4.69, 9.17) is 0 Å². The van der Waals surface area contributed by atoms with E-state index in [1.807, 2.05) is 22.7 Å². The highest BCUT2D eigenvalue weighted by molar-refractivity contribution is 7.89. The van der Waals surface area contributed by atoms with Gasteiger partial charge in [0.05, 0.1) is 12.3 Å². The van der Waals surface area contributed by atoms with E-state index in [1.54, 1.807) is 17.3 Å². The largest absolute Gasteiger partial charge is 0.334 e. The SMILES string of the molecule is O=C1N2CCCCC2CS(=O)(=O)N1Cc1cccn2ccnc12. The Hall–Kier alpha value is -2.09. The van der Waals surface area contributed by atoms with Crippen LogP contribution in [-0.4, -0.2) is 51.4 Å². The highest BCUT2D eigenvalue weighted by Crippen LogP contribution is 2.28. The minimum absolute atomic E-state index is 0.0241. The lowest BCUT2D eigenvalue weighted by Crippen LogP contribution is -2.60. The molecule has 2 amide bonds. The maximum absolute atomic E-state index is 12.7. The van der Waals surface area contributed by atoms with Gasteiger partial charge in [-0.3, -0.25) is 0 Å². The topological polar surface area (TPSA) is 75.0 Å². The molecule has 4 heterocycles. The minimum Gasteiger partial charge on any atom is -0.320 e. The summed E-state index contributed by atoms with van der Waals surface area (Å²) < 4.78 is 28.0. The number of hydrogen-bond donors (Lipinski definition) is 0. The van der Waals surface area contributed by atoms with E-state index in [9.17, 15) is 13.2 Å². The van der Waals surface area contributed by atoms with E-state index in [-0.39, 0.29) is 18.3 Å². The van der Waals surface area contributed by atoms with Crippen LogP contribution < -0.4 is 0 Å². The number of pyridine rings is 1. The van der Waals surface area contributed by atoms with Crippen LogP contribution in [-0.2, 0) is 16.6 Å². The summed E-state index contributed by atoms with van der Waals surface area (Å²) in [7, 11) is -3.59. The fourth-order valence-electron chi connectivity index (χ4n) is 3.47. The summed E-state index contributed by atoms with van der Waals surface area (Å²) in [6.45, 7) is 0.675. The maximum Gasteiger partial charge on any atom is 0.334 e. The Morgan fingerprint density at radius 3 is 3.00 bits per heavy atom. The molecule has 0 aromatic carbocycles. The van der Waals surface area contributed by atoms with Gasteiger partial charge < -0.3 is 9.30 Å². The Kier molecular flexibility index (Phi) is 3.29. The fraction of sp³-hybridized carbons (Fsp3) is 0.467. The van der Waals surface area contributed by atoms with Crippen LogP contribution >= 0.6 is 0 Å². The summed E-state index contributed by atoms with van der Waals surface area (Å²) in [4.78, 5) is 18.7. The van der Waals surface area contributed by atoms with Crippen LogP contribution in [0.25, 0.3) is 5.65 Å². The van der Waals surface area contributed by atoms with Gasteiger partial charge >= 0.3 is 6.03 Å². The molecule has 2 aliphatic rings. The summed E-state index contributed by atoms with van der Waals surface area (Å²) >= 11 is 0. The fourth-order valence-corrected chi connectivity index (χ4v) is 5.17. The zero-order valence-electron chi connectivity index (χ0n) is 12.6. The second-order valence-electron chi connectivity index (χ2n) is 6.10. The Bertz CT molecular complexity index is 860. The number of carbonyl (C=O) groups is 1. The van der Waals surface area contributed by atoms with E-state index in [2.05, 4.69) is 4.98 Å². The molecule has 0 saturated carbocycles. The Morgan fingerprint density at radius 1 is 1.26 bits per heavy atom. The molecular weight excluding hydrogens is 316 g/mol. The molecule has 0 aliphatic carbocycles. The van der Waals surface area contributed by atoms with Crippen LogP contribution in [0.5, 0.6) is 0 Å². The molecule has 23 heavy (non-hydrogen) atoms. The monoisotopic (exact) mass is 334 g/mol. The van der Waals surface area contributed by atoms with Gasteiger partial charge in [0.25, 0.3) is 0 Å². The standard InChI is InChI=1S/C15H18N4O3S/c20-15-18-8-2-1-5-13(18)11-23(21,22)19(15)10-12-4-3-7-17-9-6-16-14(12)17/h3-4,6-7,9,13H,1-2,5,8,10-11H2. The lowest BCUT2D eigenvalue weighted by atomic mass is 10.0. The number of sulfonamides is 1. The third-order valence-electron chi connectivity index (χ3n) is 4.64. The summed E-state index contributed by atoms with van der Waals surface area (Å²) in [5.41, 5.74) is 1.40. The molecule has 0 spiro atoms. The van der Waals surface area contributed by atoms with Crippen molar-refractivity contribution in [1.82, 2.24) is 18.6 Å². The predicted molar refractivity (Wildman–Crippen MR) is 84.3 cm³/mol. The van der Waals surface area contributed by atoms with Crippen molar-refractivity contribution in [3.8, 4) is 0 Å². The first kappa shape index (κ1) is 14.5. The van der Waals surface area contributed by atoms with Gasteiger partial charge in [-0.15, -0.1) is 0 Å². The molecule has 4 rings (SSSR count). The molecule has 7 nitrogen and oxygen atoms in total. The lowest BCUT2D eigenvalue weighted by molar-refractivity contribution is 0.131. The molecule has 1 atom stereocenters. The van der Waals surface area contributed by atoms with E-state index >= 15 is 0 Å². The van der Waals surface area contributed by atoms with Crippen LogP contribution in [0, 0.1) is 0 Å². The number of fused-ring (bicyclic) bond motifs is 2. The van der Waals surface area contributed by atoms with Crippen LogP contribution in [0.1, 0.15) is 24.8 Å². The third-order valence-corrected chi connectivity index (χ3v) is 6.40. The van der Waals surface area contributed by atoms with Crippen molar-refractivity contribution in [2.75, 3.05) is 12.3 Å². The molecule has 122 valence electrons. The Balaban J connectivity index is 1.69. The van der Waals surface area contributed by atoms with Gasteiger partial charge in [-0.1, -0.05) is 6.07 Å². The van der Waals surface area contributed by atoms with Crippen molar-refractivity contribution in [2.24, 2.45) is 0 Å². The van der Waals surface area contributed by atoms with Gasteiger partial charge in [-0.25, -0.2) is 22.5 Å². The third kappa shape index (κ3) is 2.37. The van der Waals surface area contributed by atoms with Crippen molar-refractivity contribution >= 4 is 21.7 Å². The number of urea groups is 1. The normalized spacial score (nSPS) is 24.0. The molecule has 2 aromatic rings. The van der Waals surface area contributed by atoms with Crippen LogP contribution in [0.3, 0.4) is 0 Å². The summed E-state index contributed by atoms with van der Waals surface area (Å²) in [5, 5.41) is 0. The lowest BCUT2D eigenvalue weighted by Gasteiger charge is -2.43. The zero-order chi connectivity index (χ0) is 16.0. The van der Waals surface area contributed by atoms with Gasteiger partial charge in [0, 0.05) is 36.7 Å². The average molecular weight is 334 g/mol. The molecule has 2 fully saturated rings. The van der Waals surface area contributed by atoms with Crippen molar-refractivity contribution in [3.05, 3.63) is 36.3 Å². The van der Waals surface area contributed by atoms with Gasteiger partial charge in [0.1, 0.15) is 5.65 Å². The molecule has 0 bridgehead atoms. The number of amides is 2. The van der Waals surface area contributed by atoms with Crippen molar-refractivity contribution in [3.63, 3.8) is 0 Å². The second kappa shape index (κ2) is 5.23. The predicted octanol–water partition coefficient (Wildman–Crippen LogP) is 1.45. The van der Waals surface area contributed by atoms with E-state index in [1.165, 1.54) is 0 Å². The molecule has 0 radical (unpaired) electrons. The van der Waals surface area contributed by atoms with Gasteiger partial charge in [-0.05, 0) is 25.3 Å². The highest BCUT2D eigenvalue weighted by Gasteiger charge is 2.43. The number of aromatic nitrogens is 2. The van der Waals surface area contributed by atoms with Crippen molar-refractivity contribution < 1.29 is 13.2 Å². The first-order valence-corrected chi connectivity index (χ1v) is 9.39. The maximum atomic E-state index is 12.7. The number of hydrogen-bond acceptors (Lipinski definition) is 4. The summed E-state index contributed by atoms with van der Waals surface area (Å²) in [5.74, 6) is 0.0241. The van der Waals surface area contributed by atoms with Crippen molar-refractivity contribution in [1.29, 1.82) is 0 Å². The summed E-state index contributed by atoms with van der Waals surface area (Å²) in [6, 6.07) is 3.08. The smallest absolute Gasteiger partial charge is 0.320 e. The number of carbonyl (C=O) groups excluding carboxylic acids is 1. The first-order chi connectivity index (χ1) is 11.1. The van der Waals surface area contributed by atoms with Gasteiger partial charge in [0.15, 0.2) is 0 Å². The number of piperidine rings is 1. The number of nitrogens with zero attached hydrogens (tertiary/aromatic N) is 4. The molecule has 2 aromatic heterocycles. The molecular formula is C15H18N4O3S. The van der Waals surface area contributed by atoms with Crippen molar-refractivity contribution in [2.45, 2.75) is 31.8 Å². The second-order valence-corrected chi connectivity index (χ2v) is 8.04. The number of rotatable bonds is 2. The average Bonchev–Trinajstić information content (AvgIpc) is 3.00. The Labute approximate surface area is 134 Å². The Morgan fingerprint density at radius 2 is 2.13 bits per heavy atom. The zero-order valence-corrected chi connectivity index (χ0v) is 13.4. The minimum atomic E-state index is -3.59. The number of imidazole rings is 1. The summed E-state index contributed by atoms with van der Waals surface area (Å²) in [6.07, 6.45) is 8.00. The van der Waals surface area contributed by atoms with Crippen LogP contribution in [0.2, 0.25) is 0 Å². The van der Waals surface area contributed by atoms with Crippen LogP contribution in [0.4, 0.5) is 4.79 Å². The quantitative estimate of drug-likeness (QED) is 0.833. The first-order valence-electron chi connectivity index (χ1n) is 7.78. The molecule has 0 N–H and O–H groups in total. The molecule has 2 aliphatic heterocycles. The van der Waals surface area contributed by atoms with Crippen LogP contribution in [0.15, 0.2) is 30.7 Å². The van der Waals surface area contributed by atoms with Gasteiger partial charge in [0.2, 0.25) is 10.0 Å². The molecule has 2 saturated heterocycles. The van der Waals surface area contributed by atoms with E-state index in [0.29, 0.717) is 12.2 Å². The van der Waals surface area contributed by atoms with E-state index in [0.717, 1.165) is 29.1 Å².